The molecule has 0 spiro atoms. The van der Waals surface area contributed by atoms with Gasteiger partial charge in [0.2, 0.25) is 5.91 Å². The molecule has 3 N–H and O–H groups in total. The van der Waals surface area contributed by atoms with Gasteiger partial charge in [0.15, 0.2) is 0 Å². The van der Waals surface area contributed by atoms with E-state index in [0.29, 0.717) is 30.8 Å². The van der Waals surface area contributed by atoms with Crippen LogP contribution in [0, 0.1) is 23.7 Å². The Morgan fingerprint density at radius 3 is 2.69 bits per heavy atom. The Morgan fingerprint density at radius 1 is 1.44 bits per heavy atom. The molecule has 16 heavy (non-hydrogen) atoms. The van der Waals surface area contributed by atoms with Crippen LogP contribution in [0.25, 0.3) is 0 Å². The van der Waals surface area contributed by atoms with Crippen molar-refractivity contribution in [2.45, 2.75) is 40.0 Å². The smallest absolute Gasteiger partial charge is 0.223 e. The molecule has 0 aromatic rings. The second-order valence-corrected chi connectivity index (χ2v) is 5.51. The minimum Gasteiger partial charge on any atom is -0.355 e. The van der Waals surface area contributed by atoms with Crippen LogP contribution >= 0.6 is 0 Å². The van der Waals surface area contributed by atoms with Crippen LogP contribution in [0.5, 0.6) is 0 Å². The van der Waals surface area contributed by atoms with Crippen molar-refractivity contribution in [1.82, 2.24) is 5.32 Å². The molecule has 1 aliphatic rings. The molecule has 1 amide bonds. The van der Waals surface area contributed by atoms with Crippen molar-refractivity contribution in [2.24, 2.45) is 29.4 Å². The first kappa shape index (κ1) is 13.5. The second kappa shape index (κ2) is 6.24. The Morgan fingerprint density at radius 2 is 2.12 bits per heavy atom. The zero-order valence-electron chi connectivity index (χ0n) is 10.8. The van der Waals surface area contributed by atoms with Crippen LogP contribution in [0.1, 0.15) is 40.0 Å². The minimum absolute atomic E-state index is 0.204. The van der Waals surface area contributed by atoms with Gasteiger partial charge < -0.3 is 11.1 Å². The first-order valence-electron chi connectivity index (χ1n) is 6.54. The van der Waals surface area contributed by atoms with Gasteiger partial charge >= 0.3 is 0 Å². The van der Waals surface area contributed by atoms with Gasteiger partial charge in [0.25, 0.3) is 0 Å². The molecular formula is C13H26N2O. The van der Waals surface area contributed by atoms with E-state index in [0.717, 1.165) is 6.42 Å². The lowest BCUT2D eigenvalue weighted by Crippen LogP contribution is -2.41. The molecule has 94 valence electrons. The maximum absolute atomic E-state index is 12.1. The van der Waals surface area contributed by atoms with Crippen molar-refractivity contribution in [3.8, 4) is 0 Å². The summed E-state index contributed by atoms with van der Waals surface area (Å²) in [4.78, 5) is 12.1. The van der Waals surface area contributed by atoms with Gasteiger partial charge in [-0.05, 0) is 30.6 Å². The van der Waals surface area contributed by atoms with Gasteiger partial charge in [-0.15, -0.1) is 0 Å². The number of amides is 1. The van der Waals surface area contributed by atoms with E-state index in [1.807, 2.05) is 0 Å². The number of nitrogens with one attached hydrogen (secondary N) is 1. The largest absolute Gasteiger partial charge is 0.355 e. The standard InChI is InChI=1S/C13H26N2O/c1-9(2)11-5-4-10(3)8-12(11)13(16)15-7-6-14/h9-12H,4-8,14H2,1-3H3,(H,15,16). The van der Waals surface area contributed by atoms with Gasteiger partial charge in [-0.25, -0.2) is 0 Å². The van der Waals surface area contributed by atoms with E-state index < -0.39 is 0 Å². The van der Waals surface area contributed by atoms with Crippen LogP contribution in [0.3, 0.4) is 0 Å². The van der Waals surface area contributed by atoms with Crippen LogP contribution in [-0.2, 0) is 4.79 Å². The molecule has 1 rings (SSSR count). The van der Waals surface area contributed by atoms with Gasteiger partial charge in [0.05, 0.1) is 0 Å². The number of hydrogen-bond donors (Lipinski definition) is 2. The molecule has 3 heteroatoms. The number of carbonyl (C=O) groups excluding carboxylic acids is 1. The second-order valence-electron chi connectivity index (χ2n) is 5.51. The zero-order valence-corrected chi connectivity index (χ0v) is 10.8. The van der Waals surface area contributed by atoms with Crippen molar-refractivity contribution in [1.29, 1.82) is 0 Å². The summed E-state index contributed by atoms with van der Waals surface area (Å²) in [5, 5.41) is 2.94. The Balaban J connectivity index is 2.59. The summed E-state index contributed by atoms with van der Waals surface area (Å²) >= 11 is 0. The minimum atomic E-state index is 0.204. The molecule has 0 aromatic heterocycles. The Labute approximate surface area is 99.2 Å². The summed E-state index contributed by atoms with van der Waals surface area (Å²) in [5.74, 6) is 2.25. The Hall–Kier alpha value is -0.570. The predicted molar refractivity (Wildman–Crippen MR) is 66.9 cm³/mol. The lowest BCUT2D eigenvalue weighted by Gasteiger charge is -2.36. The average molecular weight is 226 g/mol. The van der Waals surface area contributed by atoms with Crippen LogP contribution in [-0.4, -0.2) is 19.0 Å². The van der Waals surface area contributed by atoms with Crippen LogP contribution < -0.4 is 11.1 Å². The first-order chi connectivity index (χ1) is 7.56. The first-order valence-corrected chi connectivity index (χ1v) is 6.54. The molecule has 1 saturated carbocycles. The van der Waals surface area contributed by atoms with Crippen LogP contribution in [0.4, 0.5) is 0 Å². The molecule has 1 fully saturated rings. The Kier molecular flexibility index (Phi) is 5.26. The summed E-state index contributed by atoms with van der Waals surface area (Å²) in [5.41, 5.74) is 5.41. The quantitative estimate of drug-likeness (QED) is 0.767. The molecule has 0 heterocycles. The normalized spacial score (nSPS) is 30.4. The van der Waals surface area contributed by atoms with Gasteiger partial charge in [-0.1, -0.05) is 27.2 Å². The number of hydrogen-bond acceptors (Lipinski definition) is 2. The van der Waals surface area contributed by atoms with Crippen molar-refractivity contribution < 1.29 is 4.79 Å². The van der Waals surface area contributed by atoms with Crippen molar-refractivity contribution in [3.63, 3.8) is 0 Å². The van der Waals surface area contributed by atoms with E-state index in [-0.39, 0.29) is 11.8 Å². The highest BCUT2D eigenvalue weighted by molar-refractivity contribution is 5.79. The summed E-state index contributed by atoms with van der Waals surface area (Å²) in [6, 6.07) is 0. The van der Waals surface area contributed by atoms with E-state index in [4.69, 9.17) is 5.73 Å². The summed E-state index contributed by atoms with van der Waals surface area (Å²) in [6.45, 7) is 7.84. The molecular weight excluding hydrogens is 200 g/mol. The molecule has 0 saturated heterocycles. The highest BCUT2D eigenvalue weighted by Crippen LogP contribution is 2.37. The third kappa shape index (κ3) is 3.48. The SMILES string of the molecule is CC1CCC(C(C)C)C(C(=O)NCCN)C1. The fraction of sp³-hybridized carbons (Fsp3) is 0.923. The van der Waals surface area contributed by atoms with Crippen molar-refractivity contribution in [2.75, 3.05) is 13.1 Å². The lowest BCUT2D eigenvalue weighted by atomic mass is 9.70. The molecule has 3 nitrogen and oxygen atoms in total. The monoisotopic (exact) mass is 226 g/mol. The number of carbonyl (C=O) groups is 1. The van der Waals surface area contributed by atoms with E-state index in [9.17, 15) is 4.79 Å². The van der Waals surface area contributed by atoms with E-state index in [1.54, 1.807) is 0 Å². The van der Waals surface area contributed by atoms with Crippen molar-refractivity contribution >= 4 is 5.91 Å². The molecule has 3 unspecified atom stereocenters. The third-order valence-electron chi connectivity index (χ3n) is 3.80. The number of nitrogens with two attached hydrogens (primary N) is 1. The summed E-state index contributed by atoms with van der Waals surface area (Å²) in [6.07, 6.45) is 3.50. The highest BCUT2D eigenvalue weighted by Gasteiger charge is 2.34. The summed E-state index contributed by atoms with van der Waals surface area (Å²) in [7, 11) is 0. The number of rotatable bonds is 4. The molecule has 0 bridgehead atoms. The molecule has 0 aliphatic heterocycles. The topological polar surface area (TPSA) is 55.1 Å². The maximum Gasteiger partial charge on any atom is 0.223 e. The van der Waals surface area contributed by atoms with E-state index in [2.05, 4.69) is 26.1 Å². The van der Waals surface area contributed by atoms with Crippen molar-refractivity contribution in [3.05, 3.63) is 0 Å². The van der Waals surface area contributed by atoms with Crippen LogP contribution in [0.15, 0.2) is 0 Å². The fourth-order valence-electron chi connectivity index (χ4n) is 2.83. The lowest BCUT2D eigenvalue weighted by molar-refractivity contribution is -0.129. The zero-order chi connectivity index (χ0) is 12.1. The highest BCUT2D eigenvalue weighted by atomic mass is 16.1. The fourth-order valence-corrected chi connectivity index (χ4v) is 2.83. The van der Waals surface area contributed by atoms with Gasteiger partial charge in [0.1, 0.15) is 0 Å². The predicted octanol–water partition coefficient (Wildman–Crippen LogP) is 1.77. The molecule has 3 atom stereocenters. The van der Waals surface area contributed by atoms with Gasteiger partial charge in [0, 0.05) is 19.0 Å². The van der Waals surface area contributed by atoms with Crippen LogP contribution in [0.2, 0.25) is 0 Å². The summed E-state index contributed by atoms with van der Waals surface area (Å²) < 4.78 is 0. The Bertz CT molecular complexity index is 228. The average Bonchev–Trinajstić information content (AvgIpc) is 2.25. The molecule has 1 aliphatic carbocycles. The van der Waals surface area contributed by atoms with E-state index >= 15 is 0 Å². The molecule has 0 radical (unpaired) electrons. The maximum atomic E-state index is 12.1. The van der Waals surface area contributed by atoms with E-state index in [1.165, 1.54) is 12.8 Å². The molecule has 0 aromatic carbocycles. The van der Waals surface area contributed by atoms with Gasteiger partial charge in [-0.3, -0.25) is 4.79 Å². The third-order valence-corrected chi connectivity index (χ3v) is 3.80. The van der Waals surface area contributed by atoms with Gasteiger partial charge in [-0.2, -0.15) is 0 Å².